The van der Waals surface area contributed by atoms with Gasteiger partial charge in [-0.2, -0.15) is 0 Å². The van der Waals surface area contributed by atoms with E-state index in [0.29, 0.717) is 0 Å². The lowest BCUT2D eigenvalue weighted by Crippen LogP contribution is -1.80. The van der Waals surface area contributed by atoms with E-state index >= 15 is 0 Å². The minimum absolute atomic E-state index is 1.08. The van der Waals surface area contributed by atoms with E-state index < -0.39 is 0 Å². The molecule has 0 aliphatic rings. The van der Waals surface area contributed by atoms with Crippen LogP contribution in [0.3, 0.4) is 0 Å². The van der Waals surface area contributed by atoms with E-state index in [1.807, 2.05) is 12.3 Å². The van der Waals surface area contributed by atoms with Crippen LogP contribution in [0.15, 0.2) is 29.8 Å². The summed E-state index contributed by atoms with van der Waals surface area (Å²) in [6, 6.07) is 4.09. The number of anilines is 1. The molecule has 1 heterocycles. The van der Waals surface area contributed by atoms with Crippen molar-refractivity contribution >= 4 is 16.3 Å². The molecular weight excluding hydrogens is 142 g/mol. The van der Waals surface area contributed by atoms with E-state index in [1.165, 1.54) is 5.00 Å². The van der Waals surface area contributed by atoms with Crippen LogP contribution >= 0.6 is 11.3 Å². The molecule has 0 aromatic carbocycles. The van der Waals surface area contributed by atoms with Crippen LogP contribution in [0.4, 0.5) is 5.00 Å². The highest BCUT2D eigenvalue weighted by molar-refractivity contribution is 7.14. The topological polar surface area (TPSA) is 12.0 Å². The van der Waals surface area contributed by atoms with Gasteiger partial charge in [-0.05, 0) is 30.1 Å². The van der Waals surface area contributed by atoms with Crippen LogP contribution in [0.1, 0.15) is 13.3 Å². The lowest BCUT2D eigenvalue weighted by Gasteiger charge is -1.91. The van der Waals surface area contributed by atoms with Gasteiger partial charge >= 0.3 is 0 Å². The Morgan fingerprint density at radius 1 is 1.70 bits per heavy atom. The van der Waals surface area contributed by atoms with Crippen molar-refractivity contribution in [2.75, 3.05) is 5.32 Å². The van der Waals surface area contributed by atoms with Crippen molar-refractivity contribution in [1.29, 1.82) is 0 Å². The van der Waals surface area contributed by atoms with Crippen LogP contribution < -0.4 is 5.32 Å². The zero-order valence-corrected chi connectivity index (χ0v) is 6.82. The summed E-state index contributed by atoms with van der Waals surface area (Å²) in [4.78, 5) is 0. The van der Waals surface area contributed by atoms with E-state index in [4.69, 9.17) is 0 Å². The van der Waals surface area contributed by atoms with Gasteiger partial charge in [-0.3, -0.25) is 0 Å². The molecule has 0 saturated carbocycles. The van der Waals surface area contributed by atoms with E-state index in [9.17, 15) is 0 Å². The molecule has 54 valence electrons. The van der Waals surface area contributed by atoms with Gasteiger partial charge in [0.05, 0.1) is 5.00 Å². The summed E-state index contributed by atoms with van der Waals surface area (Å²) in [6.07, 6.45) is 5.16. The Morgan fingerprint density at radius 3 is 3.20 bits per heavy atom. The number of nitrogens with one attached hydrogen (secondary N) is 1. The highest BCUT2D eigenvalue weighted by Gasteiger charge is 1.83. The van der Waals surface area contributed by atoms with Crippen LogP contribution in [0.25, 0.3) is 0 Å². The average Bonchev–Trinajstić information content (AvgIpc) is 2.41. The van der Waals surface area contributed by atoms with E-state index in [2.05, 4.69) is 29.8 Å². The van der Waals surface area contributed by atoms with Crippen LogP contribution in [-0.2, 0) is 0 Å². The monoisotopic (exact) mass is 153 g/mol. The first-order chi connectivity index (χ1) is 4.93. The molecule has 0 aliphatic heterocycles. The van der Waals surface area contributed by atoms with E-state index in [0.717, 1.165) is 6.42 Å². The predicted molar refractivity (Wildman–Crippen MR) is 47.4 cm³/mol. The zero-order valence-electron chi connectivity index (χ0n) is 6.00. The maximum absolute atomic E-state index is 3.16. The number of hydrogen-bond acceptors (Lipinski definition) is 2. The Bertz CT molecular complexity index is 189. The number of thiophene rings is 1. The van der Waals surface area contributed by atoms with Gasteiger partial charge in [0.25, 0.3) is 0 Å². The second-order valence-corrected chi connectivity index (χ2v) is 2.88. The molecule has 0 atom stereocenters. The maximum Gasteiger partial charge on any atom is 0.0921 e. The summed E-state index contributed by atoms with van der Waals surface area (Å²) in [7, 11) is 0. The fourth-order valence-electron chi connectivity index (χ4n) is 0.620. The molecule has 1 aromatic heterocycles. The highest BCUT2D eigenvalue weighted by atomic mass is 32.1. The molecule has 0 bridgehead atoms. The molecule has 1 nitrogen and oxygen atoms in total. The lowest BCUT2D eigenvalue weighted by atomic mass is 10.5. The molecule has 2 heteroatoms. The first kappa shape index (κ1) is 7.35. The molecule has 0 amide bonds. The first-order valence-corrected chi connectivity index (χ1v) is 4.26. The second kappa shape index (κ2) is 4.12. The van der Waals surface area contributed by atoms with Crippen LogP contribution in [0.2, 0.25) is 0 Å². The minimum atomic E-state index is 1.08. The summed E-state index contributed by atoms with van der Waals surface area (Å²) < 4.78 is 0. The molecule has 0 saturated heterocycles. The number of allylic oxidation sites excluding steroid dienone is 1. The second-order valence-electron chi connectivity index (χ2n) is 1.93. The molecule has 0 unspecified atom stereocenters. The smallest absolute Gasteiger partial charge is 0.0921 e. The standard InChI is InChI=1S/C8H11NS/c1-2-3-6-9-8-5-4-7-10-8/h3-7,9H,2H2,1H3. The molecule has 1 N–H and O–H groups in total. The summed E-state index contributed by atoms with van der Waals surface area (Å²) in [6.45, 7) is 2.12. The molecule has 10 heavy (non-hydrogen) atoms. The Hall–Kier alpha value is -0.760. The largest absolute Gasteiger partial charge is 0.354 e. The van der Waals surface area contributed by atoms with Crippen molar-refractivity contribution in [2.45, 2.75) is 13.3 Å². The van der Waals surface area contributed by atoms with Gasteiger partial charge in [-0.25, -0.2) is 0 Å². The zero-order chi connectivity index (χ0) is 7.23. The number of rotatable bonds is 3. The lowest BCUT2D eigenvalue weighted by molar-refractivity contribution is 1.22. The van der Waals surface area contributed by atoms with Crippen LogP contribution in [0.5, 0.6) is 0 Å². The molecule has 1 rings (SSSR count). The SMILES string of the molecule is CCC=CNc1cccs1. The minimum Gasteiger partial charge on any atom is -0.354 e. The van der Waals surface area contributed by atoms with Gasteiger partial charge in [0.1, 0.15) is 0 Å². The Labute approximate surface area is 65.4 Å². The summed E-state index contributed by atoms with van der Waals surface area (Å²) in [5, 5.41) is 6.42. The highest BCUT2D eigenvalue weighted by Crippen LogP contribution is 2.14. The van der Waals surface area contributed by atoms with Crippen molar-refractivity contribution < 1.29 is 0 Å². The Balaban J connectivity index is 2.34. The van der Waals surface area contributed by atoms with Crippen molar-refractivity contribution in [3.63, 3.8) is 0 Å². The van der Waals surface area contributed by atoms with Gasteiger partial charge in [0.2, 0.25) is 0 Å². The maximum atomic E-state index is 3.16. The Morgan fingerprint density at radius 2 is 2.60 bits per heavy atom. The number of hydrogen-bond donors (Lipinski definition) is 1. The van der Waals surface area contributed by atoms with E-state index in [-0.39, 0.29) is 0 Å². The van der Waals surface area contributed by atoms with Crippen LogP contribution in [0, 0.1) is 0 Å². The quantitative estimate of drug-likeness (QED) is 0.703. The molecular formula is C8H11NS. The Kier molecular flexibility index (Phi) is 3.03. The van der Waals surface area contributed by atoms with Crippen molar-refractivity contribution in [2.24, 2.45) is 0 Å². The summed E-state index contributed by atoms with van der Waals surface area (Å²) in [5.41, 5.74) is 0. The van der Waals surface area contributed by atoms with Crippen molar-refractivity contribution in [3.8, 4) is 0 Å². The summed E-state index contributed by atoms with van der Waals surface area (Å²) in [5.74, 6) is 0. The average molecular weight is 153 g/mol. The fraction of sp³-hybridized carbons (Fsp3) is 0.250. The van der Waals surface area contributed by atoms with Gasteiger partial charge in [0, 0.05) is 0 Å². The predicted octanol–water partition coefficient (Wildman–Crippen LogP) is 3.08. The summed E-state index contributed by atoms with van der Waals surface area (Å²) >= 11 is 1.71. The van der Waals surface area contributed by atoms with E-state index in [1.54, 1.807) is 11.3 Å². The van der Waals surface area contributed by atoms with Gasteiger partial charge in [-0.1, -0.05) is 13.0 Å². The molecule has 0 fully saturated rings. The molecule has 0 aliphatic carbocycles. The normalized spacial score (nSPS) is 10.5. The molecule has 1 aromatic rings. The third-order valence-corrected chi connectivity index (χ3v) is 1.90. The third-order valence-electron chi connectivity index (χ3n) is 1.10. The first-order valence-electron chi connectivity index (χ1n) is 3.38. The third kappa shape index (κ3) is 2.23. The molecule has 0 radical (unpaired) electrons. The van der Waals surface area contributed by atoms with Crippen LogP contribution in [-0.4, -0.2) is 0 Å². The van der Waals surface area contributed by atoms with Crippen molar-refractivity contribution in [3.05, 3.63) is 29.8 Å². The molecule has 0 spiro atoms. The van der Waals surface area contributed by atoms with Gasteiger partial charge in [-0.15, -0.1) is 11.3 Å². The van der Waals surface area contributed by atoms with Gasteiger partial charge < -0.3 is 5.32 Å². The fourth-order valence-corrected chi connectivity index (χ4v) is 1.22. The van der Waals surface area contributed by atoms with Gasteiger partial charge in [0.15, 0.2) is 0 Å². The van der Waals surface area contributed by atoms with Crippen molar-refractivity contribution in [1.82, 2.24) is 0 Å².